The molecule has 0 spiro atoms. The van der Waals surface area contributed by atoms with Gasteiger partial charge in [-0.25, -0.2) is 9.97 Å². The summed E-state index contributed by atoms with van der Waals surface area (Å²) in [5, 5.41) is 11.3. The lowest BCUT2D eigenvalue weighted by molar-refractivity contribution is 0.317. The zero-order valence-electron chi connectivity index (χ0n) is 8.67. The average molecular weight is 209 g/mol. The third-order valence-corrected chi connectivity index (χ3v) is 1.98. The monoisotopic (exact) mass is 209 g/mol. The molecule has 0 fully saturated rings. The highest BCUT2D eigenvalue weighted by Gasteiger charge is 2.06. The predicted molar refractivity (Wildman–Crippen MR) is 57.9 cm³/mol. The maximum atomic E-state index is 8.40. The minimum atomic E-state index is 0.212. The van der Waals surface area contributed by atoms with E-state index in [1.165, 1.54) is 0 Å². The summed E-state index contributed by atoms with van der Waals surface area (Å²) in [4.78, 5) is 10.2. The van der Waals surface area contributed by atoms with Gasteiger partial charge in [-0.15, -0.1) is 0 Å². The Hall–Kier alpha value is -1.85. The quantitative estimate of drug-likeness (QED) is 0.318. The minimum absolute atomic E-state index is 0.212. The van der Waals surface area contributed by atoms with Crippen LogP contribution < -0.4 is 10.6 Å². The van der Waals surface area contributed by atoms with Crippen LogP contribution in [0.3, 0.4) is 0 Å². The molecule has 15 heavy (non-hydrogen) atoms. The lowest BCUT2D eigenvalue weighted by atomic mass is 10.3. The molecule has 0 unspecified atom stereocenters. The van der Waals surface area contributed by atoms with Gasteiger partial charge in [0.2, 0.25) is 5.95 Å². The van der Waals surface area contributed by atoms with E-state index in [1.807, 2.05) is 11.8 Å². The summed E-state index contributed by atoms with van der Waals surface area (Å²) in [6.07, 6.45) is 3.87. The molecule has 6 nitrogen and oxygen atoms in total. The molecule has 0 saturated carbocycles. The maximum absolute atomic E-state index is 8.40. The number of hydrogen-bond acceptors (Lipinski definition) is 5. The van der Waals surface area contributed by atoms with Crippen molar-refractivity contribution < 1.29 is 5.21 Å². The molecule has 0 saturated heterocycles. The van der Waals surface area contributed by atoms with Crippen LogP contribution >= 0.6 is 0 Å². The summed E-state index contributed by atoms with van der Waals surface area (Å²) < 4.78 is 0. The van der Waals surface area contributed by atoms with Gasteiger partial charge in [0.25, 0.3) is 0 Å². The molecule has 0 aromatic carbocycles. The first kappa shape index (κ1) is 11.2. The van der Waals surface area contributed by atoms with Gasteiger partial charge in [-0.3, -0.25) is 0 Å². The van der Waals surface area contributed by atoms with Crippen molar-refractivity contribution in [3.8, 4) is 0 Å². The van der Waals surface area contributed by atoms with Gasteiger partial charge in [0, 0.05) is 31.9 Å². The Morgan fingerprint density at radius 2 is 2.20 bits per heavy atom. The summed E-state index contributed by atoms with van der Waals surface area (Å²) in [6, 6.07) is 1.76. The highest BCUT2D eigenvalue weighted by molar-refractivity contribution is 5.80. The van der Waals surface area contributed by atoms with E-state index in [-0.39, 0.29) is 5.84 Å². The van der Waals surface area contributed by atoms with Crippen molar-refractivity contribution in [3.05, 3.63) is 18.5 Å². The second kappa shape index (κ2) is 5.79. The van der Waals surface area contributed by atoms with Gasteiger partial charge in [-0.05, 0) is 13.0 Å². The van der Waals surface area contributed by atoms with Gasteiger partial charge in [-0.1, -0.05) is 5.16 Å². The molecule has 6 heteroatoms. The third-order valence-electron chi connectivity index (χ3n) is 1.98. The Morgan fingerprint density at radius 3 is 2.73 bits per heavy atom. The van der Waals surface area contributed by atoms with Crippen LogP contribution in [0.15, 0.2) is 23.6 Å². The summed E-state index contributed by atoms with van der Waals surface area (Å²) in [6.45, 7) is 3.42. The van der Waals surface area contributed by atoms with Crippen LogP contribution in [0.1, 0.15) is 13.3 Å². The van der Waals surface area contributed by atoms with Crippen molar-refractivity contribution in [2.45, 2.75) is 13.3 Å². The van der Waals surface area contributed by atoms with Gasteiger partial charge in [-0.2, -0.15) is 0 Å². The fourth-order valence-corrected chi connectivity index (χ4v) is 1.15. The van der Waals surface area contributed by atoms with Crippen LogP contribution in [0.2, 0.25) is 0 Å². The average Bonchev–Trinajstić information content (AvgIpc) is 2.31. The Balaban J connectivity index is 2.57. The Morgan fingerprint density at radius 1 is 1.53 bits per heavy atom. The van der Waals surface area contributed by atoms with E-state index in [1.54, 1.807) is 18.5 Å². The standard InChI is InChI=1S/C9H15N5O/c1-2-14(7-4-8(10)13-15)9-11-5-3-6-12-9/h3,5-6,15H,2,4,7H2,1H3,(H2,10,13). The predicted octanol–water partition coefficient (Wildman–Crippen LogP) is 0.439. The molecular formula is C9H15N5O. The van der Waals surface area contributed by atoms with Crippen LogP contribution in [0.5, 0.6) is 0 Å². The second-order valence-electron chi connectivity index (χ2n) is 2.97. The van der Waals surface area contributed by atoms with Crippen LogP contribution in [0.4, 0.5) is 5.95 Å². The van der Waals surface area contributed by atoms with Crippen molar-refractivity contribution in [1.29, 1.82) is 0 Å². The molecule has 3 N–H and O–H groups in total. The zero-order chi connectivity index (χ0) is 11.1. The largest absolute Gasteiger partial charge is 0.409 e. The lowest BCUT2D eigenvalue weighted by Crippen LogP contribution is -2.29. The molecular weight excluding hydrogens is 194 g/mol. The number of aromatic nitrogens is 2. The molecule has 0 aliphatic rings. The molecule has 0 atom stereocenters. The van der Waals surface area contributed by atoms with E-state index in [0.717, 1.165) is 6.54 Å². The SMILES string of the molecule is CCN(CCC(N)=NO)c1ncccn1. The van der Waals surface area contributed by atoms with Gasteiger partial charge in [0.15, 0.2) is 0 Å². The van der Waals surface area contributed by atoms with Crippen LogP contribution in [0, 0.1) is 0 Å². The number of rotatable bonds is 5. The number of amidine groups is 1. The Kier molecular flexibility index (Phi) is 4.33. The van der Waals surface area contributed by atoms with Crippen molar-refractivity contribution in [3.63, 3.8) is 0 Å². The van der Waals surface area contributed by atoms with E-state index >= 15 is 0 Å². The fourth-order valence-electron chi connectivity index (χ4n) is 1.15. The van der Waals surface area contributed by atoms with Crippen LogP contribution in [-0.2, 0) is 0 Å². The highest BCUT2D eigenvalue weighted by atomic mass is 16.4. The Labute approximate surface area is 88.4 Å². The third kappa shape index (κ3) is 3.41. The summed E-state index contributed by atoms with van der Waals surface area (Å²) in [7, 11) is 0. The van der Waals surface area contributed by atoms with E-state index in [9.17, 15) is 0 Å². The molecule has 0 aliphatic carbocycles. The molecule has 82 valence electrons. The molecule has 0 radical (unpaired) electrons. The molecule has 1 aromatic rings. The number of hydrogen-bond donors (Lipinski definition) is 2. The van der Waals surface area contributed by atoms with Crippen molar-refractivity contribution >= 4 is 11.8 Å². The fraction of sp³-hybridized carbons (Fsp3) is 0.444. The first-order chi connectivity index (χ1) is 7.27. The second-order valence-corrected chi connectivity index (χ2v) is 2.97. The van der Waals surface area contributed by atoms with Crippen molar-refractivity contribution in [1.82, 2.24) is 9.97 Å². The molecule has 1 aromatic heterocycles. The van der Waals surface area contributed by atoms with Crippen molar-refractivity contribution in [2.75, 3.05) is 18.0 Å². The first-order valence-electron chi connectivity index (χ1n) is 4.76. The molecule has 1 rings (SSSR count). The van der Waals surface area contributed by atoms with Gasteiger partial charge in [0.1, 0.15) is 5.84 Å². The minimum Gasteiger partial charge on any atom is -0.409 e. The van der Waals surface area contributed by atoms with Crippen molar-refractivity contribution in [2.24, 2.45) is 10.9 Å². The normalized spacial score (nSPS) is 11.4. The summed E-state index contributed by atoms with van der Waals surface area (Å²) in [5.74, 6) is 0.870. The van der Waals surface area contributed by atoms with Gasteiger partial charge in [0.05, 0.1) is 0 Å². The topological polar surface area (TPSA) is 87.6 Å². The number of oxime groups is 1. The van der Waals surface area contributed by atoms with Crippen LogP contribution in [-0.4, -0.2) is 34.1 Å². The summed E-state index contributed by atoms with van der Waals surface area (Å²) >= 11 is 0. The van der Waals surface area contributed by atoms with Gasteiger partial charge < -0.3 is 15.8 Å². The molecule has 0 bridgehead atoms. The summed E-state index contributed by atoms with van der Waals surface area (Å²) in [5.41, 5.74) is 5.39. The molecule has 0 amide bonds. The van der Waals surface area contributed by atoms with E-state index in [4.69, 9.17) is 10.9 Å². The smallest absolute Gasteiger partial charge is 0.225 e. The number of nitrogens with zero attached hydrogens (tertiary/aromatic N) is 4. The van der Waals surface area contributed by atoms with E-state index < -0.39 is 0 Å². The lowest BCUT2D eigenvalue weighted by Gasteiger charge is -2.19. The molecule has 0 aliphatic heterocycles. The molecule has 1 heterocycles. The highest BCUT2D eigenvalue weighted by Crippen LogP contribution is 2.04. The zero-order valence-corrected chi connectivity index (χ0v) is 8.67. The number of anilines is 1. The van der Waals surface area contributed by atoms with Crippen LogP contribution in [0.25, 0.3) is 0 Å². The van der Waals surface area contributed by atoms with E-state index in [2.05, 4.69) is 15.1 Å². The maximum Gasteiger partial charge on any atom is 0.225 e. The van der Waals surface area contributed by atoms with Gasteiger partial charge >= 0.3 is 0 Å². The van der Waals surface area contributed by atoms with E-state index in [0.29, 0.717) is 18.9 Å². The Bertz CT molecular complexity index is 314. The first-order valence-corrected chi connectivity index (χ1v) is 4.76. The number of nitrogens with two attached hydrogens (primary N) is 1.